The van der Waals surface area contributed by atoms with Crippen molar-refractivity contribution >= 4 is 33.3 Å². The summed E-state index contributed by atoms with van der Waals surface area (Å²) in [6.45, 7) is 4.99. The second kappa shape index (κ2) is 5.44. The minimum Gasteiger partial charge on any atom is -0.480 e. The molecule has 112 valence electrons. The highest BCUT2D eigenvalue weighted by atomic mass is 32.1. The van der Waals surface area contributed by atoms with E-state index >= 15 is 0 Å². The average molecular weight is 309 g/mol. The fourth-order valence-electron chi connectivity index (χ4n) is 2.16. The number of hydrogen-bond acceptors (Lipinski definition) is 3. The van der Waals surface area contributed by atoms with E-state index in [1.807, 2.05) is 0 Å². The molecule has 1 aromatic carbocycles. The van der Waals surface area contributed by atoms with Gasteiger partial charge in [-0.2, -0.15) is 0 Å². The Morgan fingerprint density at radius 2 is 2.00 bits per heavy atom. The zero-order valence-corrected chi connectivity index (χ0v) is 12.8. The summed E-state index contributed by atoms with van der Waals surface area (Å²) in [6, 6.07) is 5.92. The molecule has 0 atom stereocenters. The zero-order valence-electron chi connectivity index (χ0n) is 12.0. The Morgan fingerprint density at radius 1 is 1.33 bits per heavy atom. The predicted molar refractivity (Wildman–Crippen MR) is 80.2 cm³/mol. The summed E-state index contributed by atoms with van der Waals surface area (Å²) in [7, 11) is 0. The molecule has 0 bridgehead atoms. The van der Waals surface area contributed by atoms with Gasteiger partial charge in [-0.3, -0.25) is 4.79 Å². The van der Waals surface area contributed by atoms with Crippen molar-refractivity contribution in [3.05, 3.63) is 35.0 Å². The first-order chi connectivity index (χ1) is 9.77. The van der Waals surface area contributed by atoms with Crippen LogP contribution in [0.1, 0.15) is 30.4 Å². The van der Waals surface area contributed by atoms with Crippen LogP contribution in [0.15, 0.2) is 24.3 Å². The number of thiophene rings is 1. The highest BCUT2D eigenvalue weighted by Gasteiger charge is 2.37. The Morgan fingerprint density at radius 3 is 2.57 bits per heavy atom. The number of amides is 1. The molecular formula is C15H16FNO3S. The number of benzene rings is 1. The molecule has 1 aromatic heterocycles. The third kappa shape index (κ3) is 2.76. The Bertz CT molecular complexity index is 708. The number of fused-ring (bicyclic) bond motifs is 1. The van der Waals surface area contributed by atoms with Crippen molar-refractivity contribution in [2.75, 3.05) is 6.54 Å². The Hall–Kier alpha value is -1.95. The molecule has 2 aromatic rings. The van der Waals surface area contributed by atoms with Crippen LogP contribution in [0.4, 0.5) is 4.39 Å². The number of carboxylic acid groups (broad SMARTS) is 1. The summed E-state index contributed by atoms with van der Waals surface area (Å²) in [5, 5.41) is 9.92. The molecule has 1 N–H and O–H groups in total. The van der Waals surface area contributed by atoms with Crippen LogP contribution in [0.2, 0.25) is 0 Å². The molecule has 1 amide bonds. The molecule has 0 aliphatic rings. The van der Waals surface area contributed by atoms with E-state index in [4.69, 9.17) is 0 Å². The summed E-state index contributed by atoms with van der Waals surface area (Å²) in [5.74, 6) is -1.78. The fourth-order valence-corrected chi connectivity index (χ4v) is 3.15. The lowest BCUT2D eigenvalue weighted by atomic mass is 10.0. The van der Waals surface area contributed by atoms with Gasteiger partial charge >= 0.3 is 5.97 Å². The lowest BCUT2D eigenvalue weighted by Gasteiger charge is -2.33. The molecule has 0 radical (unpaired) electrons. The maximum atomic E-state index is 13.2. The first-order valence-electron chi connectivity index (χ1n) is 6.52. The fraction of sp³-hybridized carbons (Fsp3) is 0.333. The van der Waals surface area contributed by atoms with Gasteiger partial charge in [-0.15, -0.1) is 11.3 Å². The molecule has 2 rings (SSSR count). The molecule has 0 saturated heterocycles. The molecule has 1 heterocycles. The van der Waals surface area contributed by atoms with E-state index in [0.717, 1.165) is 4.70 Å². The summed E-state index contributed by atoms with van der Waals surface area (Å²) in [4.78, 5) is 25.6. The van der Waals surface area contributed by atoms with Gasteiger partial charge in [0.2, 0.25) is 0 Å². The van der Waals surface area contributed by atoms with Crippen molar-refractivity contribution < 1.29 is 19.1 Å². The Labute approximate surface area is 125 Å². The maximum absolute atomic E-state index is 13.2. The smallest absolute Gasteiger partial charge is 0.329 e. The summed E-state index contributed by atoms with van der Waals surface area (Å²) >= 11 is 1.23. The van der Waals surface area contributed by atoms with Gasteiger partial charge in [0.15, 0.2) is 0 Å². The number of likely N-dealkylation sites (N-methyl/N-ethyl adjacent to an activating group) is 1. The number of hydrogen-bond donors (Lipinski definition) is 1. The molecule has 0 fully saturated rings. The first-order valence-corrected chi connectivity index (χ1v) is 7.33. The van der Waals surface area contributed by atoms with E-state index in [9.17, 15) is 19.1 Å². The molecule has 0 spiro atoms. The first kappa shape index (κ1) is 15.4. The van der Waals surface area contributed by atoms with Gasteiger partial charge in [0.25, 0.3) is 5.91 Å². The second-order valence-electron chi connectivity index (χ2n) is 5.21. The van der Waals surface area contributed by atoms with Crippen molar-refractivity contribution in [2.45, 2.75) is 26.3 Å². The molecule has 0 aliphatic heterocycles. The number of halogens is 1. The topological polar surface area (TPSA) is 57.6 Å². The SMILES string of the molecule is CCN(C(=O)c1cc2cc(F)ccc2s1)C(C)(C)C(=O)O. The summed E-state index contributed by atoms with van der Waals surface area (Å²) < 4.78 is 14.0. The van der Waals surface area contributed by atoms with Gasteiger partial charge in [0.1, 0.15) is 11.4 Å². The second-order valence-corrected chi connectivity index (χ2v) is 6.29. The van der Waals surface area contributed by atoms with Gasteiger partial charge in [-0.1, -0.05) is 0 Å². The van der Waals surface area contributed by atoms with Crippen LogP contribution in [0.3, 0.4) is 0 Å². The Balaban J connectivity index is 2.42. The molecular weight excluding hydrogens is 293 g/mol. The molecule has 6 heteroatoms. The maximum Gasteiger partial charge on any atom is 0.329 e. The number of rotatable bonds is 4. The molecule has 0 aliphatic carbocycles. The molecule has 4 nitrogen and oxygen atoms in total. The van der Waals surface area contributed by atoms with Crippen LogP contribution >= 0.6 is 11.3 Å². The van der Waals surface area contributed by atoms with Crippen molar-refractivity contribution in [1.82, 2.24) is 4.90 Å². The standard InChI is InChI=1S/C15H16FNO3S/c1-4-17(15(2,3)14(19)20)13(18)12-8-9-7-10(16)5-6-11(9)21-12/h5-8H,4H2,1-3H3,(H,19,20). The van der Waals surface area contributed by atoms with E-state index in [1.165, 1.54) is 42.2 Å². The van der Waals surface area contributed by atoms with Gasteiger partial charge in [0, 0.05) is 11.2 Å². The van der Waals surface area contributed by atoms with Gasteiger partial charge < -0.3 is 10.0 Å². The minimum absolute atomic E-state index is 0.279. The zero-order chi connectivity index (χ0) is 15.8. The number of aliphatic carboxylic acids is 1. The third-order valence-corrected chi connectivity index (χ3v) is 4.55. The number of nitrogens with zero attached hydrogens (tertiary/aromatic N) is 1. The molecule has 21 heavy (non-hydrogen) atoms. The van der Waals surface area contributed by atoms with Crippen LogP contribution in [0.25, 0.3) is 10.1 Å². The van der Waals surface area contributed by atoms with E-state index in [-0.39, 0.29) is 18.3 Å². The molecule has 0 unspecified atom stereocenters. The van der Waals surface area contributed by atoms with Gasteiger partial charge in [0.05, 0.1) is 4.88 Å². The number of carbonyl (C=O) groups excluding carboxylic acids is 1. The number of carbonyl (C=O) groups is 2. The van der Waals surface area contributed by atoms with Crippen molar-refractivity contribution in [3.8, 4) is 0 Å². The Kier molecular flexibility index (Phi) is 4.00. The molecule has 0 saturated carbocycles. The average Bonchev–Trinajstić information content (AvgIpc) is 2.81. The van der Waals surface area contributed by atoms with E-state index in [2.05, 4.69) is 0 Å². The van der Waals surface area contributed by atoms with Crippen molar-refractivity contribution in [2.24, 2.45) is 0 Å². The van der Waals surface area contributed by atoms with Crippen LogP contribution < -0.4 is 0 Å². The summed E-state index contributed by atoms with van der Waals surface area (Å²) in [5.41, 5.74) is -1.30. The predicted octanol–water partition coefficient (Wildman–Crippen LogP) is 3.37. The quantitative estimate of drug-likeness (QED) is 0.942. The monoisotopic (exact) mass is 309 g/mol. The van der Waals surface area contributed by atoms with Crippen LogP contribution in [-0.2, 0) is 4.79 Å². The lowest BCUT2D eigenvalue weighted by Crippen LogP contribution is -2.52. The van der Waals surface area contributed by atoms with Gasteiger partial charge in [-0.05, 0) is 50.4 Å². The van der Waals surface area contributed by atoms with Crippen LogP contribution in [0, 0.1) is 5.82 Å². The van der Waals surface area contributed by atoms with Gasteiger partial charge in [-0.25, -0.2) is 9.18 Å². The third-order valence-electron chi connectivity index (χ3n) is 3.45. The largest absolute Gasteiger partial charge is 0.480 e. The number of carboxylic acids is 1. The highest BCUT2D eigenvalue weighted by molar-refractivity contribution is 7.20. The van der Waals surface area contributed by atoms with Crippen LogP contribution in [-0.4, -0.2) is 34.0 Å². The lowest BCUT2D eigenvalue weighted by molar-refractivity contribution is -0.147. The summed E-state index contributed by atoms with van der Waals surface area (Å²) in [6.07, 6.45) is 0. The van der Waals surface area contributed by atoms with Crippen molar-refractivity contribution in [1.29, 1.82) is 0 Å². The highest BCUT2D eigenvalue weighted by Crippen LogP contribution is 2.29. The minimum atomic E-state index is -1.30. The van der Waals surface area contributed by atoms with Crippen molar-refractivity contribution in [3.63, 3.8) is 0 Å². The van der Waals surface area contributed by atoms with E-state index in [1.54, 1.807) is 19.1 Å². The van der Waals surface area contributed by atoms with Crippen LogP contribution in [0.5, 0.6) is 0 Å². The van der Waals surface area contributed by atoms with E-state index < -0.39 is 11.5 Å². The normalized spacial score (nSPS) is 11.6. The van der Waals surface area contributed by atoms with E-state index in [0.29, 0.717) is 10.3 Å².